The van der Waals surface area contributed by atoms with E-state index < -0.39 is 0 Å². The van der Waals surface area contributed by atoms with Crippen LogP contribution in [-0.2, 0) is 14.3 Å². The van der Waals surface area contributed by atoms with Gasteiger partial charge in [0.25, 0.3) is 0 Å². The number of hydrogen-bond donors (Lipinski definition) is 1. The van der Waals surface area contributed by atoms with Crippen LogP contribution in [0.2, 0.25) is 0 Å². The number of morpholine rings is 1. The number of rotatable bonds is 4. The Bertz CT molecular complexity index is 729. The predicted molar refractivity (Wildman–Crippen MR) is 114 cm³/mol. The molecular weight excluding hydrogens is 366 g/mol. The summed E-state index contributed by atoms with van der Waals surface area (Å²) in [7, 11) is 0. The van der Waals surface area contributed by atoms with Crippen molar-refractivity contribution in [2.24, 2.45) is 17.8 Å². The molecular formula is C23H33N3O3. The summed E-state index contributed by atoms with van der Waals surface area (Å²) in [5.74, 6) is 0.975. The van der Waals surface area contributed by atoms with Crippen LogP contribution >= 0.6 is 0 Å². The topological polar surface area (TPSA) is 61.9 Å². The lowest BCUT2D eigenvalue weighted by molar-refractivity contribution is -0.131. The summed E-state index contributed by atoms with van der Waals surface area (Å²) in [4.78, 5) is 29.7. The first-order valence-corrected chi connectivity index (χ1v) is 11.1. The molecule has 2 amide bonds. The number of benzene rings is 1. The molecule has 2 heterocycles. The van der Waals surface area contributed by atoms with Crippen molar-refractivity contribution in [2.75, 3.05) is 43.1 Å². The Kier molecular flexibility index (Phi) is 6.09. The Morgan fingerprint density at radius 2 is 1.83 bits per heavy atom. The van der Waals surface area contributed by atoms with Crippen LogP contribution in [0.25, 0.3) is 0 Å². The maximum atomic E-state index is 12.8. The maximum absolute atomic E-state index is 12.8. The van der Waals surface area contributed by atoms with Crippen LogP contribution in [0, 0.1) is 17.8 Å². The van der Waals surface area contributed by atoms with E-state index in [9.17, 15) is 9.59 Å². The number of carbonyl (C=O) groups is 2. The van der Waals surface area contributed by atoms with Crippen LogP contribution in [0.3, 0.4) is 0 Å². The fourth-order valence-corrected chi connectivity index (χ4v) is 5.04. The zero-order valence-electron chi connectivity index (χ0n) is 17.6. The quantitative estimate of drug-likeness (QED) is 0.845. The highest BCUT2D eigenvalue weighted by molar-refractivity contribution is 5.97. The zero-order chi connectivity index (χ0) is 20.4. The molecule has 0 spiro atoms. The molecule has 6 heteroatoms. The summed E-state index contributed by atoms with van der Waals surface area (Å²) >= 11 is 0. The Labute approximate surface area is 173 Å². The van der Waals surface area contributed by atoms with Gasteiger partial charge < -0.3 is 19.9 Å². The first kappa shape index (κ1) is 20.2. The molecule has 1 saturated carbocycles. The summed E-state index contributed by atoms with van der Waals surface area (Å²) in [5.41, 5.74) is 1.94. The molecule has 0 unspecified atom stereocenters. The molecule has 2 saturated heterocycles. The second-order valence-electron chi connectivity index (χ2n) is 8.92. The lowest BCUT2D eigenvalue weighted by Gasteiger charge is -2.40. The molecule has 2 aliphatic heterocycles. The molecule has 6 nitrogen and oxygen atoms in total. The van der Waals surface area contributed by atoms with Gasteiger partial charge in [-0.3, -0.25) is 9.59 Å². The second kappa shape index (κ2) is 8.74. The highest BCUT2D eigenvalue weighted by Gasteiger charge is 2.41. The average Bonchev–Trinajstić information content (AvgIpc) is 3.13. The molecule has 1 aliphatic carbocycles. The molecule has 3 aliphatic rings. The largest absolute Gasteiger partial charge is 0.378 e. The molecule has 1 aromatic carbocycles. The number of nitrogens with zero attached hydrogens (tertiary/aromatic N) is 2. The van der Waals surface area contributed by atoms with Crippen molar-refractivity contribution in [1.82, 2.24) is 4.90 Å². The van der Waals surface area contributed by atoms with Gasteiger partial charge in [0.1, 0.15) is 0 Å². The van der Waals surface area contributed by atoms with Crippen LogP contribution in [0.5, 0.6) is 0 Å². The van der Waals surface area contributed by atoms with Gasteiger partial charge in [0.05, 0.1) is 19.1 Å². The van der Waals surface area contributed by atoms with E-state index in [-0.39, 0.29) is 23.8 Å². The van der Waals surface area contributed by atoms with Crippen molar-refractivity contribution in [3.63, 3.8) is 0 Å². The van der Waals surface area contributed by atoms with Gasteiger partial charge in [-0.05, 0) is 42.5 Å². The van der Waals surface area contributed by atoms with Crippen LogP contribution in [-0.4, -0.2) is 55.6 Å². The van der Waals surface area contributed by atoms with E-state index in [1.165, 1.54) is 12.8 Å². The summed E-state index contributed by atoms with van der Waals surface area (Å²) in [6.45, 7) is 8.38. The fraction of sp³-hybridized carbons (Fsp3) is 0.652. The van der Waals surface area contributed by atoms with E-state index >= 15 is 0 Å². The van der Waals surface area contributed by atoms with Gasteiger partial charge in [-0.15, -0.1) is 0 Å². The number of nitrogens with one attached hydrogen (secondary N) is 1. The standard InChI is InChI=1S/C23H33N3O3/c1-16-4-3-5-21(17(16)2)26-15-18(14-22(26)27)23(28)24-19-6-8-20(9-7-19)25-10-12-29-13-11-25/h6-9,16-18,21H,3-5,10-15H2,1-2H3,(H,24,28)/t16-,17+,18+,21+/m0/s1. The van der Waals surface area contributed by atoms with Crippen molar-refractivity contribution in [3.8, 4) is 0 Å². The zero-order valence-corrected chi connectivity index (χ0v) is 17.6. The van der Waals surface area contributed by atoms with E-state index in [1.54, 1.807) is 0 Å². The smallest absolute Gasteiger partial charge is 0.229 e. The number of amides is 2. The third-order valence-electron chi connectivity index (χ3n) is 7.10. The van der Waals surface area contributed by atoms with Gasteiger partial charge in [-0.1, -0.05) is 26.7 Å². The van der Waals surface area contributed by atoms with E-state index in [1.807, 2.05) is 29.2 Å². The number of likely N-dealkylation sites (tertiary alicyclic amines) is 1. The summed E-state index contributed by atoms with van der Waals surface area (Å²) in [6.07, 6.45) is 3.81. The minimum Gasteiger partial charge on any atom is -0.378 e. The van der Waals surface area contributed by atoms with E-state index in [0.717, 1.165) is 44.1 Å². The minimum atomic E-state index is -0.258. The van der Waals surface area contributed by atoms with Crippen LogP contribution in [0.15, 0.2) is 24.3 Å². The van der Waals surface area contributed by atoms with Gasteiger partial charge in [0.2, 0.25) is 11.8 Å². The Balaban J connectivity index is 1.34. The normalized spacial score (nSPS) is 30.5. The van der Waals surface area contributed by atoms with Crippen molar-refractivity contribution >= 4 is 23.2 Å². The molecule has 158 valence electrons. The number of carbonyl (C=O) groups excluding carboxylic acids is 2. The van der Waals surface area contributed by atoms with E-state index in [0.29, 0.717) is 24.8 Å². The van der Waals surface area contributed by atoms with Gasteiger partial charge in [0, 0.05) is 43.5 Å². The van der Waals surface area contributed by atoms with Crippen LogP contribution in [0.4, 0.5) is 11.4 Å². The summed E-state index contributed by atoms with van der Waals surface area (Å²) in [6, 6.07) is 8.26. The monoisotopic (exact) mass is 399 g/mol. The number of anilines is 2. The second-order valence-corrected chi connectivity index (χ2v) is 8.92. The van der Waals surface area contributed by atoms with Crippen molar-refractivity contribution in [3.05, 3.63) is 24.3 Å². The van der Waals surface area contributed by atoms with E-state index in [4.69, 9.17) is 4.74 Å². The lowest BCUT2D eigenvalue weighted by atomic mass is 9.77. The molecule has 0 radical (unpaired) electrons. The first-order valence-electron chi connectivity index (χ1n) is 11.1. The highest BCUT2D eigenvalue weighted by Crippen LogP contribution is 2.36. The number of ether oxygens (including phenoxy) is 1. The fourth-order valence-electron chi connectivity index (χ4n) is 5.04. The Morgan fingerprint density at radius 1 is 1.10 bits per heavy atom. The van der Waals surface area contributed by atoms with Crippen molar-refractivity contribution < 1.29 is 14.3 Å². The Hall–Kier alpha value is -2.08. The highest BCUT2D eigenvalue weighted by atomic mass is 16.5. The van der Waals surface area contributed by atoms with Gasteiger partial charge in [-0.2, -0.15) is 0 Å². The predicted octanol–water partition coefficient (Wildman–Crippen LogP) is 3.13. The van der Waals surface area contributed by atoms with E-state index in [2.05, 4.69) is 24.1 Å². The average molecular weight is 400 g/mol. The van der Waals surface area contributed by atoms with Gasteiger partial charge in [-0.25, -0.2) is 0 Å². The van der Waals surface area contributed by atoms with Crippen LogP contribution < -0.4 is 10.2 Å². The van der Waals surface area contributed by atoms with Gasteiger partial charge in [0.15, 0.2) is 0 Å². The third kappa shape index (κ3) is 4.42. The summed E-state index contributed by atoms with van der Waals surface area (Å²) < 4.78 is 5.40. The lowest BCUT2D eigenvalue weighted by Crippen LogP contribution is -2.45. The molecule has 1 aromatic rings. The molecule has 29 heavy (non-hydrogen) atoms. The first-order chi connectivity index (χ1) is 14.0. The van der Waals surface area contributed by atoms with Crippen molar-refractivity contribution in [2.45, 2.75) is 45.6 Å². The SMILES string of the molecule is C[C@H]1[C@H](N2C[C@H](C(=O)Nc3ccc(N4CCOCC4)cc3)CC2=O)CCC[C@@H]1C. The molecule has 4 atom stereocenters. The number of hydrogen-bond acceptors (Lipinski definition) is 4. The molecule has 4 rings (SSSR count). The van der Waals surface area contributed by atoms with Gasteiger partial charge >= 0.3 is 0 Å². The Morgan fingerprint density at radius 3 is 2.55 bits per heavy atom. The molecule has 3 fully saturated rings. The molecule has 0 aromatic heterocycles. The molecule has 1 N–H and O–H groups in total. The maximum Gasteiger partial charge on any atom is 0.229 e. The summed E-state index contributed by atoms with van der Waals surface area (Å²) in [5, 5.41) is 3.02. The third-order valence-corrected chi connectivity index (χ3v) is 7.10. The molecule has 0 bridgehead atoms. The van der Waals surface area contributed by atoms with Crippen molar-refractivity contribution in [1.29, 1.82) is 0 Å². The van der Waals surface area contributed by atoms with Crippen LogP contribution in [0.1, 0.15) is 39.5 Å². The minimum absolute atomic E-state index is 0.0449.